The highest BCUT2D eigenvalue weighted by molar-refractivity contribution is 6.31. The van der Waals surface area contributed by atoms with Gasteiger partial charge in [0.2, 0.25) is 5.91 Å². The second-order valence-electron chi connectivity index (χ2n) is 4.64. The van der Waals surface area contributed by atoms with E-state index in [1.807, 2.05) is 36.9 Å². The molecule has 98 valence electrons. The van der Waals surface area contributed by atoms with Crippen molar-refractivity contribution < 1.29 is 9.90 Å². The van der Waals surface area contributed by atoms with Gasteiger partial charge in [-0.3, -0.25) is 4.79 Å². The van der Waals surface area contributed by atoms with Crippen molar-refractivity contribution in [3.8, 4) is 0 Å². The molecule has 1 aliphatic rings. The van der Waals surface area contributed by atoms with Gasteiger partial charge in [-0.2, -0.15) is 0 Å². The fourth-order valence-electron chi connectivity index (χ4n) is 2.30. The maximum Gasteiger partial charge on any atom is 0.245 e. The van der Waals surface area contributed by atoms with Gasteiger partial charge >= 0.3 is 0 Å². The Hall–Kier alpha value is -1.26. The summed E-state index contributed by atoms with van der Waals surface area (Å²) in [5.74, 6) is -0.143. The molecule has 0 aromatic heterocycles. The zero-order valence-electron chi connectivity index (χ0n) is 10.5. The molecule has 0 aliphatic carbocycles. The molecule has 18 heavy (non-hydrogen) atoms. The summed E-state index contributed by atoms with van der Waals surface area (Å²) in [5, 5.41) is 12.9. The van der Waals surface area contributed by atoms with E-state index in [-0.39, 0.29) is 18.6 Å². The van der Waals surface area contributed by atoms with Gasteiger partial charge in [0.15, 0.2) is 0 Å². The number of aliphatic hydroxyl groups is 1. The number of rotatable bonds is 2. The molecule has 1 saturated heterocycles. The summed E-state index contributed by atoms with van der Waals surface area (Å²) in [5.41, 5.74) is 1.84. The van der Waals surface area contributed by atoms with Crippen molar-refractivity contribution in [1.29, 1.82) is 0 Å². The number of piperazine rings is 1. The monoisotopic (exact) mass is 268 g/mol. The van der Waals surface area contributed by atoms with Crippen LogP contribution < -0.4 is 10.2 Å². The van der Waals surface area contributed by atoms with Crippen LogP contribution in [0.3, 0.4) is 0 Å². The van der Waals surface area contributed by atoms with Gasteiger partial charge in [-0.25, -0.2) is 0 Å². The molecule has 1 heterocycles. The Morgan fingerprint density at radius 2 is 2.28 bits per heavy atom. The van der Waals surface area contributed by atoms with Gasteiger partial charge in [-0.1, -0.05) is 17.7 Å². The zero-order chi connectivity index (χ0) is 13.3. The molecule has 1 aromatic rings. The van der Waals surface area contributed by atoms with Gasteiger partial charge in [-0.15, -0.1) is 0 Å². The third kappa shape index (κ3) is 2.31. The van der Waals surface area contributed by atoms with E-state index in [2.05, 4.69) is 5.32 Å². The second kappa shape index (κ2) is 5.16. The van der Waals surface area contributed by atoms with Crippen LogP contribution in [0.1, 0.15) is 12.5 Å². The number of benzene rings is 1. The second-order valence-corrected chi connectivity index (χ2v) is 5.05. The van der Waals surface area contributed by atoms with Crippen LogP contribution in [0.4, 0.5) is 5.69 Å². The van der Waals surface area contributed by atoms with E-state index in [9.17, 15) is 9.90 Å². The van der Waals surface area contributed by atoms with Gasteiger partial charge in [0, 0.05) is 23.3 Å². The van der Waals surface area contributed by atoms with Crippen LogP contribution in [-0.2, 0) is 4.79 Å². The minimum atomic E-state index is -0.543. The summed E-state index contributed by atoms with van der Waals surface area (Å²) in [6, 6.07) is 5.12. The maximum atomic E-state index is 11.9. The number of anilines is 1. The fourth-order valence-corrected chi connectivity index (χ4v) is 2.47. The van der Waals surface area contributed by atoms with Crippen LogP contribution in [0.5, 0.6) is 0 Å². The highest BCUT2D eigenvalue weighted by atomic mass is 35.5. The van der Waals surface area contributed by atoms with Crippen molar-refractivity contribution in [1.82, 2.24) is 5.32 Å². The minimum absolute atomic E-state index is 0.0543. The quantitative estimate of drug-likeness (QED) is 0.851. The molecule has 5 heteroatoms. The molecule has 0 spiro atoms. The van der Waals surface area contributed by atoms with E-state index in [1.165, 1.54) is 0 Å². The lowest BCUT2D eigenvalue weighted by Gasteiger charge is -2.39. The molecule has 4 nitrogen and oxygen atoms in total. The first-order chi connectivity index (χ1) is 8.54. The van der Waals surface area contributed by atoms with E-state index in [4.69, 9.17) is 11.6 Å². The predicted molar refractivity (Wildman–Crippen MR) is 72.0 cm³/mol. The van der Waals surface area contributed by atoms with E-state index < -0.39 is 6.04 Å². The van der Waals surface area contributed by atoms with Crippen molar-refractivity contribution in [2.24, 2.45) is 0 Å². The lowest BCUT2D eigenvalue weighted by molar-refractivity contribution is -0.125. The Morgan fingerprint density at radius 1 is 1.56 bits per heavy atom. The molecular weight excluding hydrogens is 252 g/mol. The smallest absolute Gasteiger partial charge is 0.245 e. The van der Waals surface area contributed by atoms with Crippen LogP contribution in [0.15, 0.2) is 18.2 Å². The van der Waals surface area contributed by atoms with Crippen molar-refractivity contribution in [2.75, 3.05) is 18.1 Å². The summed E-state index contributed by atoms with van der Waals surface area (Å²) in [7, 11) is 0. The number of hydrogen-bond donors (Lipinski definition) is 2. The summed E-state index contributed by atoms with van der Waals surface area (Å²) >= 11 is 6.11. The first-order valence-electron chi connectivity index (χ1n) is 5.97. The van der Waals surface area contributed by atoms with E-state index in [0.29, 0.717) is 11.6 Å². The molecule has 2 N–H and O–H groups in total. The Labute approximate surface area is 112 Å². The molecular formula is C13H17ClN2O2. The maximum absolute atomic E-state index is 11.9. The molecule has 2 rings (SSSR count). The van der Waals surface area contributed by atoms with Crippen molar-refractivity contribution in [3.63, 3.8) is 0 Å². The Kier molecular flexibility index (Phi) is 3.78. The number of halogens is 1. The number of hydrogen-bond acceptors (Lipinski definition) is 3. The summed E-state index contributed by atoms with van der Waals surface area (Å²) < 4.78 is 0. The molecule has 2 atom stereocenters. The van der Waals surface area contributed by atoms with Crippen LogP contribution in [0.25, 0.3) is 0 Å². The minimum Gasteiger partial charge on any atom is -0.394 e. The van der Waals surface area contributed by atoms with Crippen LogP contribution in [-0.4, -0.2) is 36.2 Å². The number of amides is 1. The van der Waals surface area contributed by atoms with Gasteiger partial charge in [0.25, 0.3) is 0 Å². The molecule has 2 unspecified atom stereocenters. The Bertz CT molecular complexity index is 464. The van der Waals surface area contributed by atoms with E-state index >= 15 is 0 Å². The van der Waals surface area contributed by atoms with Crippen molar-refractivity contribution in [3.05, 3.63) is 28.8 Å². The molecule has 1 aliphatic heterocycles. The predicted octanol–water partition coefficient (Wildman–Crippen LogP) is 1.33. The normalized spacial score (nSPS) is 24.0. The number of carbonyl (C=O) groups excluding carboxylic acids is 1. The third-order valence-electron chi connectivity index (χ3n) is 3.26. The van der Waals surface area contributed by atoms with Gasteiger partial charge in [0.1, 0.15) is 6.04 Å². The van der Waals surface area contributed by atoms with Gasteiger partial charge < -0.3 is 15.3 Å². The van der Waals surface area contributed by atoms with E-state index in [0.717, 1.165) is 11.3 Å². The topological polar surface area (TPSA) is 52.6 Å². The molecule has 0 bridgehead atoms. The van der Waals surface area contributed by atoms with Crippen LogP contribution in [0, 0.1) is 6.92 Å². The molecule has 1 aromatic carbocycles. The van der Waals surface area contributed by atoms with Crippen molar-refractivity contribution >= 4 is 23.2 Å². The van der Waals surface area contributed by atoms with E-state index in [1.54, 1.807) is 0 Å². The van der Waals surface area contributed by atoms with Crippen LogP contribution >= 0.6 is 11.6 Å². The number of aliphatic hydroxyl groups excluding tert-OH is 1. The average Bonchev–Trinajstić information content (AvgIpc) is 2.32. The molecule has 0 saturated carbocycles. The third-order valence-corrected chi connectivity index (χ3v) is 3.67. The largest absolute Gasteiger partial charge is 0.394 e. The number of carbonyl (C=O) groups is 1. The Balaban J connectivity index is 2.40. The van der Waals surface area contributed by atoms with Crippen molar-refractivity contribution in [2.45, 2.75) is 25.9 Å². The zero-order valence-corrected chi connectivity index (χ0v) is 11.2. The molecule has 1 fully saturated rings. The fraction of sp³-hybridized carbons (Fsp3) is 0.462. The summed E-state index contributed by atoms with van der Waals surface area (Å²) in [6.45, 7) is 4.32. The highest BCUT2D eigenvalue weighted by Gasteiger charge is 2.33. The first kappa shape index (κ1) is 13.2. The summed E-state index contributed by atoms with van der Waals surface area (Å²) in [4.78, 5) is 13.8. The van der Waals surface area contributed by atoms with Gasteiger partial charge in [0.05, 0.1) is 6.61 Å². The number of nitrogens with zero attached hydrogens (tertiary/aromatic N) is 1. The Morgan fingerprint density at radius 3 is 2.94 bits per heavy atom. The highest BCUT2D eigenvalue weighted by Crippen LogP contribution is 2.29. The SMILES string of the molecule is Cc1c(Cl)cccc1N1CC(C)NC(=O)C1CO. The standard InChI is InChI=1S/C13H17ClN2O2/c1-8-6-16(12(7-17)13(18)15-8)11-5-3-4-10(14)9(11)2/h3-5,8,12,17H,6-7H2,1-2H3,(H,15,18). The molecule has 0 radical (unpaired) electrons. The average molecular weight is 269 g/mol. The van der Waals surface area contributed by atoms with Gasteiger partial charge in [-0.05, 0) is 31.5 Å². The summed E-state index contributed by atoms with van der Waals surface area (Å²) in [6.07, 6.45) is 0. The van der Waals surface area contributed by atoms with Crippen LogP contribution in [0.2, 0.25) is 5.02 Å². The lowest BCUT2D eigenvalue weighted by Crippen LogP contribution is -2.60. The molecule has 1 amide bonds. The number of nitrogens with one attached hydrogen (secondary N) is 1. The lowest BCUT2D eigenvalue weighted by atomic mass is 10.1. The first-order valence-corrected chi connectivity index (χ1v) is 6.35.